The standard InChI is InChI=1S/C10H10F3NO2S/c11-10(12,13)17(15,16)14-8-4-7-9-5-2-1-3-6-9/h1-7,14H,8H2/b7-4+. The Morgan fingerprint density at radius 1 is 1.18 bits per heavy atom. The highest BCUT2D eigenvalue weighted by atomic mass is 32.2. The van der Waals surface area contributed by atoms with E-state index in [4.69, 9.17) is 0 Å². The molecule has 0 saturated heterocycles. The minimum atomic E-state index is -5.27. The number of nitrogens with one attached hydrogen (secondary N) is 1. The summed E-state index contributed by atoms with van der Waals surface area (Å²) < 4.78 is 58.3. The van der Waals surface area contributed by atoms with Gasteiger partial charge in [0.2, 0.25) is 0 Å². The van der Waals surface area contributed by atoms with Crippen molar-refractivity contribution in [3.05, 3.63) is 42.0 Å². The van der Waals surface area contributed by atoms with E-state index < -0.39 is 22.1 Å². The molecule has 3 nitrogen and oxygen atoms in total. The lowest BCUT2D eigenvalue weighted by Gasteiger charge is -2.07. The topological polar surface area (TPSA) is 46.2 Å². The second-order valence-electron chi connectivity index (χ2n) is 3.11. The third-order valence-corrected chi connectivity index (χ3v) is 2.96. The van der Waals surface area contributed by atoms with Gasteiger partial charge in [0.15, 0.2) is 0 Å². The Morgan fingerprint density at radius 2 is 1.76 bits per heavy atom. The molecule has 94 valence electrons. The number of hydrogen-bond acceptors (Lipinski definition) is 2. The quantitative estimate of drug-likeness (QED) is 0.906. The van der Waals surface area contributed by atoms with Crippen molar-refractivity contribution in [3.8, 4) is 0 Å². The molecular formula is C10H10F3NO2S. The van der Waals surface area contributed by atoms with Crippen LogP contribution in [0.15, 0.2) is 36.4 Å². The number of rotatable bonds is 4. The fourth-order valence-electron chi connectivity index (χ4n) is 0.999. The van der Waals surface area contributed by atoms with Crippen LogP contribution in [0.4, 0.5) is 13.2 Å². The van der Waals surface area contributed by atoms with Crippen molar-refractivity contribution in [2.24, 2.45) is 0 Å². The molecule has 0 bridgehead atoms. The molecule has 0 aliphatic heterocycles. The van der Waals surface area contributed by atoms with Crippen LogP contribution in [0.5, 0.6) is 0 Å². The van der Waals surface area contributed by atoms with E-state index in [1.807, 2.05) is 0 Å². The summed E-state index contributed by atoms with van der Waals surface area (Å²) in [5, 5.41) is 0. The molecule has 1 rings (SSSR count). The van der Waals surface area contributed by atoms with Gasteiger partial charge in [-0.05, 0) is 5.56 Å². The molecule has 0 amide bonds. The molecular weight excluding hydrogens is 255 g/mol. The van der Waals surface area contributed by atoms with Gasteiger partial charge in [-0.2, -0.15) is 13.2 Å². The summed E-state index contributed by atoms with van der Waals surface area (Å²) in [4.78, 5) is 0. The summed E-state index contributed by atoms with van der Waals surface area (Å²) in [7, 11) is -5.25. The van der Waals surface area contributed by atoms with E-state index >= 15 is 0 Å². The highest BCUT2D eigenvalue weighted by molar-refractivity contribution is 7.90. The van der Waals surface area contributed by atoms with Crippen molar-refractivity contribution in [3.63, 3.8) is 0 Å². The van der Waals surface area contributed by atoms with E-state index in [1.165, 1.54) is 16.9 Å². The first-order valence-corrected chi connectivity index (χ1v) is 6.09. The normalized spacial score (nSPS) is 13.1. The van der Waals surface area contributed by atoms with Crippen LogP contribution in [-0.4, -0.2) is 20.5 Å². The molecule has 0 atom stereocenters. The molecule has 1 aromatic carbocycles. The molecule has 7 heteroatoms. The minimum Gasteiger partial charge on any atom is -0.204 e. The maximum absolute atomic E-state index is 11.9. The average Bonchev–Trinajstić information content (AvgIpc) is 2.24. The zero-order chi connectivity index (χ0) is 12.9. The Labute approximate surface area is 97.0 Å². The third-order valence-electron chi connectivity index (χ3n) is 1.81. The van der Waals surface area contributed by atoms with Gasteiger partial charge < -0.3 is 0 Å². The summed E-state index contributed by atoms with van der Waals surface area (Å²) >= 11 is 0. The van der Waals surface area contributed by atoms with Crippen molar-refractivity contribution in [2.45, 2.75) is 5.51 Å². The molecule has 1 N–H and O–H groups in total. The van der Waals surface area contributed by atoms with E-state index in [2.05, 4.69) is 0 Å². The van der Waals surface area contributed by atoms with Gasteiger partial charge in [-0.3, -0.25) is 0 Å². The Morgan fingerprint density at radius 3 is 2.29 bits per heavy atom. The Balaban J connectivity index is 2.52. The Kier molecular flexibility index (Phi) is 4.30. The number of sulfonamides is 1. The first kappa shape index (κ1) is 13.7. The van der Waals surface area contributed by atoms with Crippen LogP contribution in [0.2, 0.25) is 0 Å². The smallest absolute Gasteiger partial charge is 0.204 e. The molecule has 0 aliphatic carbocycles. The minimum absolute atomic E-state index is 0.406. The van der Waals surface area contributed by atoms with Crippen LogP contribution in [-0.2, 0) is 10.0 Å². The van der Waals surface area contributed by atoms with Gasteiger partial charge in [-0.15, -0.1) is 0 Å². The van der Waals surface area contributed by atoms with Crippen LogP contribution in [0.3, 0.4) is 0 Å². The number of benzene rings is 1. The molecule has 0 aromatic heterocycles. The molecule has 0 spiro atoms. The maximum Gasteiger partial charge on any atom is 0.511 e. The molecule has 0 heterocycles. The van der Waals surface area contributed by atoms with Gasteiger partial charge in [0, 0.05) is 6.54 Å². The fourth-order valence-corrected chi connectivity index (χ4v) is 1.48. The van der Waals surface area contributed by atoms with E-state index in [0.29, 0.717) is 0 Å². The predicted molar refractivity (Wildman–Crippen MR) is 58.5 cm³/mol. The van der Waals surface area contributed by atoms with E-state index in [1.54, 1.807) is 30.3 Å². The monoisotopic (exact) mass is 265 g/mol. The van der Waals surface area contributed by atoms with Crippen molar-refractivity contribution in [1.29, 1.82) is 0 Å². The van der Waals surface area contributed by atoms with E-state index in [-0.39, 0.29) is 0 Å². The summed E-state index contributed by atoms with van der Waals surface area (Å²) in [5.41, 5.74) is -4.49. The van der Waals surface area contributed by atoms with Crippen LogP contribution in [0, 0.1) is 0 Å². The van der Waals surface area contributed by atoms with Gasteiger partial charge in [0.1, 0.15) is 0 Å². The zero-order valence-electron chi connectivity index (χ0n) is 8.61. The number of halogens is 3. The largest absolute Gasteiger partial charge is 0.511 e. The Bertz CT molecular complexity index is 480. The summed E-state index contributed by atoms with van der Waals surface area (Å²) in [6.07, 6.45) is 2.83. The summed E-state index contributed by atoms with van der Waals surface area (Å²) in [5.74, 6) is 0. The van der Waals surface area contributed by atoms with Crippen LogP contribution in [0.25, 0.3) is 6.08 Å². The average molecular weight is 265 g/mol. The maximum atomic E-state index is 11.9. The molecule has 0 radical (unpaired) electrons. The first-order chi connectivity index (χ1) is 7.83. The highest BCUT2D eigenvalue weighted by Crippen LogP contribution is 2.21. The van der Waals surface area contributed by atoms with Gasteiger partial charge in [-0.25, -0.2) is 13.1 Å². The second-order valence-corrected chi connectivity index (χ2v) is 4.87. The van der Waals surface area contributed by atoms with Crippen LogP contribution >= 0.6 is 0 Å². The lowest BCUT2D eigenvalue weighted by atomic mass is 10.2. The predicted octanol–water partition coefficient (Wildman–Crippen LogP) is 2.14. The zero-order valence-corrected chi connectivity index (χ0v) is 9.42. The molecule has 0 unspecified atom stereocenters. The summed E-state index contributed by atoms with van der Waals surface area (Å²) in [6.45, 7) is -0.406. The van der Waals surface area contributed by atoms with E-state index in [0.717, 1.165) is 5.56 Å². The van der Waals surface area contributed by atoms with Crippen molar-refractivity contribution >= 4 is 16.1 Å². The SMILES string of the molecule is O=S(=O)(NC/C=C/c1ccccc1)C(F)(F)F. The van der Waals surface area contributed by atoms with Crippen molar-refractivity contribution < 1.29 is 21.6 Å². The van der Waals surface area contributed by atoms with Crippen molar-refractivity contribution in [1.82, 2.24) is 4.72 Å². The molecule has 0 saturated carbocycles. The van der Waals surface area contributed by atoms with Crippen LogP contribution < -0.4 is 4.72 Å². The number of alkyl halides is 3. The molecule has 0 aliphatic rings. The second kappa shape index (κ2) is 5.33. The summed E-state index contributed by atoms with van der Waals surface area (Å²) in [6, 6.07) is 8.81. The lowest BCUT2D eigenvalue weighted by molar-refractivity contribution is -0.0446. The lowest BCUT2D eigenvalue weighted by Crippen LogP contribution is -2.36. The Hall–Kier alpha value is -1.34. The van der Waals surface area contributed by atoms with Gasteiger partial charge in [0.05, 0.1) is 0 Å². The molecule has 0 fully saturated rings. The number of hydrogen-bond donors (Lipinski definition) is 1. The molecule has 17 heavy (non-hydrogen) atoms. The molecule has 1 aromatic rings. The van der Waals surface area contributed by atoms with Crippen molar-refractivity contribution in [2.75, 3.05) is 6.54 Å². The fraction of sp³-hybridized carbons (Fsp3) is 0.200. The highest BCUT2D eigenvalue weighted by Gasteiger charge is 2.45. The van der Waals surface area contributed by atoms with E-state index in [9.17, 15) is 21.6 Å². The van der Waals surface area contributed by atoms with Gasteiger partial charge in [0.25, 0.3) is 0 Å². The third kappa shape index (κ3) is 4.20. The van der Waals surface area contributed by atoms with Gasteiger partial charge >= 0.3 is 15.5 Å². The first-order valence-electron chi connectivity index (χ1n) is 4.60. The van der Waals surface area contributed by atoms with Gasteiger partial charge in [-0.1, -0.05) is 42.5 Å². The van der Waals surface area contributed by atoms with Crippen LogP contribution in [0.1, 0.15) is 5.56 Å².